The molecule has 1 fully saturated rings. The molecule has 0 radical (unpaired) electrons. The van der Waals surface area contributed by atoms with E-state index in [0.29, 0.717) is 25.2 Å². The molecule has 2 rings (SSSR count). The first-order chi connectivity index (χ1) is 10.1. The van der Waals surface area contributed by atoms with Crippen LogP contribution in [0.1, 0.15) is 32.6 Å². The van der Waals surface area contributed by atoms with Crippen LogP contribution in [0.4, 0.5) is 5.69 Å². The molecule has 3 atom stereocenters. The second-order valence-electron chi connectivity index (χ2n) is 5.79. The van der Waals surface area contributed by atoms with Gasteiger partial charge in [-0.15, -0.1) is 0 Å². The standard InChI is InChI=1S/C16H23ClINO2/c1-11-4-2-3-5-16(11)21-10-13(20)9-19-15-7-6-12(17)8-14(15)18/h6-8,11,13,16,19-20H,2-5,9-10H2,1H3. The molecule has 0 aromatic heterocycles. The fourth-order valence-electron chi connectivity index (χ4n) is 2.68. The van der Waals surface area contributed by atoms with E-state index in [4.69, 9.17) is 16.3 Å². The van der Waals surface area contributed by atoms with Gasteiger partial charge in [0.15, 0.2) is 0 Å². The Morgan fingerprint density at radius 1 is 1.43 bits per heavy atom. The van der Waals surface area contributed by atoms with Crippen LogP contribution in [0.15, 0.2) is 18.2 Å². The Hall–Kier alpha value is -0.0400. The summed E-state index contributed by atoms with van der Waals surface area (Å²) in [4.78, 5) is 0. The summed E-state index contributed by atoms with van der Waals surface area (Å²) in [6.07, 6.45) is 4.72. The minimum Gasteiger partial charge on any atom is -0.389 e. The van der Waals surface area contributed by atoms with Crippen molar-refractivity contribution in [2.45, 2.75) is 44.8 Å². The molecule has 118 valence electrons. The molecule has 2 N–H and O–H groups in total. The Morgan fingerprint density at radius 3 is 2.90 bits per heavy atom. The van der Waals surface area contributed by atoms with E-state index in [-0.39, 0.29) is 0 Å². The molecule has 5 heteroatoms. The highest BCUT2D eigenvalue weighted by atomic mass is 127. The SMILES string of the molecule is CC1CCCCC1OCC(O)CNc1ccc(Cl)cc1I. The highest BCUT2D eigenvalue weighted by Crippen LogP contribution is 2.26. The van der Waals surface area contributed by atoms with E-state index in [2.05, 4.69) is 34.8 Å². The van der Waals surface area contributed by atoms with Gasteiger partial charge in [-0.1, -0.05) is 31.4 Å². The fourth-order valence-corrected chi connectivity index (χ4v) is 3.75. The van der Waals surface area contributed by atoms with Crippen molar-refractivity contribution in [3.8, 4) is 0 Å². The van der Waals surface area contributed by atoms with E-state index >= 15 is 0 Å². The van der Waals surface area contributed by atoms with E-state index in [1.165, 1.54) is 19.3 Å². The zero-order valence-corrected chi connectivity index (χ0v) is 15.2. The van der Waals surface area contributed by atoms with Gasteiger partial charge in [0.05, 0.1) is 18.8 Å². The maximum Gasteiger partial charge on any atom is 0.0945 e. The molecule has 1 aromatic rings. The summed E-state index contributed by atoms with van der Waals surface area (Å²) >= 11 is 8.16. The van der Waals surface area contributed by atoms with Crippen LogP contribution in [0.3, 0.4) is 0 Å². The normalized spacial score (nSPS) is 23.8. The minimum absolute atomic E-state index is 0.309. The van der Waals surface area contributed by atoms with Crippen LogP contribution < -0.4 is 5.32 Å². The lowest BCUT2D eigenvalue weighted by Gasteiger charge is -2.29. The van der Waals surface area contributed by atoms with E-state index in [9.17, 15) is 5.11 Å². The highest BCUT2D eigenvalue weighted by molar-refractivity contribution is 14.1. The number of halogens is 2. The number of benzene rings is 1. The van der Waals surface area contributed by atoms with Crippen LogP contribution in [0.25, 0.3) is 0 Å². The lowest BCUT2D eigenvalue weighted by atomic mass is 9.88. The number of hydrogen-bond acceptors (Lipinski definition) is 3. The molecule has 0 bridgehead atoms. The lowest BCUT2D eigenvalue weighted by Crippen LogP contribution is -2.32. The molecule has 0 amide bonds. The largest absolute Gasteiger partial charge is 0.389 e. The number of nitrogens with one attached hydrogen (secondary N) is 1. The van der Waals surface area contributed by atoms with E-state index in [1.54, 1.807) is 0 Å². The first-order valence-corrected chi connectivity index (χ1v) is 9.00. The van der Waals surface area contributed by atoms with Gasteiger partial charge in [0.2, 0.25) is 0 Å². The third-order valence-electron chi connectivity index (χ3n) is 3.99. The molecule has 3 unspecified atom stereocenters. The van der Waals surface area contributed by atoms with Crippen molar-refractivity contribution in [2.24, 2.45) is 5.92 Å². The van der Waals surface area contributed by atoms with Crippen LogP contribution in [0.2, 0.25) is 5.02 Å². The van der Waals surface area contributed by atoms with Crippen molar-refractivity contribution >= 4 is 39.9 Å². The van der Waals surface area contributed by atoms with Crippen molar-refractivity contribution < 1.29 is 9.84 Å². The maximum atomic E-state index is 10.1. The maximum absolute atomic E-state index is 10.1. The van der Waals surface area contributed by atoms with E-state index < -0.39 is 6.10 Å². The summed E-state index contributed by atoms with van der Waals surface area (Å²) in [7, 11) is 0. The van der Waals surface area contributed by atoms with Crippen molar-refractivity contribution in [3.05, 3.63) is 26.8 Å². The zero-order valence-electron chi connectivity index (χ0n) is 12.3. The van der Waals surface area contributed by atoms with Crippen LogP contribution in [0, 0.1) is 9.49 Å². The molecular formula is C16H23ClINO2. The number of aliphatic hydroxyl groups is 1. The zero-order chi connectivity index (χ0) is 15.2. The summed E-state index contributed by atoms with van der Waals surface area (Å²) in [5, 5.41) is 14.0. The predicted molar refractivity (Wildman–Crippen MR) is 96.0 cm³/mol. The van der Waals surface area contributed by atoms with Crippen LogP contribution in [-0.2, 0) is 4.74 Å². The van der Waals surface area contributed by atoms with Crippen LogP contribution >= 0.6 is 34.2 Å². The molecule has 1 aliphatic carbocycles. The monoisotopic (exact) mass is 423 g/mol. The van der Waals surface area contributed by atoms with E-state index in [0.717, 1.165) is 20.7 Å². The number of rotatable bonds is 6. The van der Waals surface area contributed by atoms with Crippen LogP contribution in [-0.4, -0.2) is 30.5 Å². The summed E-state index contributed by atoms with van der Waals surface area (Å²) in [6, 6.07) is 5.68. The van der Waals surface area contributed by atoms with Gasteiger partial charge in [-0.05, 0) is 59.5 Å². The molecule has 3 nitrogen and oxygen atoms in total. The average molecular weight is 424 g/mol. The van der Waals surface area contributed by atoms with Crippen molar-refractivity contribution in [2.75, 3.05) is 18.5 Å². The van der Waals surface area contributed by atoms with Crippen LogP contribution in [0.5, 0.6) is 0 Å². The molecule has 1 aliphatic rings. The third kappa shape index (κ3) is 5.58. The first kappa shape index (κ1) is 17.3. The Kier molecular flexibility index (Phi) is 7.05. The number of aliphatic hydroxyl groups excluding tert-OH is 1. The topological polar surface area (TPSA) is 41.5 Å². The molecule has 21 heavy (non-hydrogen) atoms. The molecule has 1 aromatic carbocycles. The highest BCUT2D eigenvalue weighted by Gasteiger charge is 2.22. The molecule has 0 saturated heterocycles. The minimum atomic E-state index is -0.495. The second-order valence-corrected chi connectivity index (χ2v) is 7.39. The van der Waals surface area contributed by atoms with E-state index in [1.807, 2.05) is 18.2 Å². The quantitative estimate of drug-likeness (QED) is 0.670. The molecule has 0 spiro atoms. The van der Waals surface area contributed by atoms with Crippen molar-refractivity contribution in [1.82, 2.24) is 0 Å². The third-order valence-corrected chi connectivity index (χ3v) is 5.12. The molecule has 1 saturated carbocycles. The number of hydrogen-bond donors (Lipinski definition) is 2. The second kappa shape index (κ2) is 8.56. The van der Waals surface area contributed by atoms with Gasteiger partial charge >= 0.3 is 0 Å². The number of ether oxygens (including phenoxy) is 1. The van der Waals surface area contributed by atoms with Gasteiger partial charge in [-0.25, -0.2) is 0 Å². The Labute approximate surface area is 145 Å². The Balaban J connectivity index is 1.73. The Bertz CT molecular complexity index is 458. The molecular weight excluding hydrogens is 401 g/mol. The van der Waals surface area contributed by atoms with Gasteiger partial charge in [0.25, 0.3) is 0 Å². The van der Waals surface area contributed by atoms with Crippen molar-refractivity contribution in [1.29, 1.82) is 0 Å². The smallest absolute Gasteiger partial charge is 0.0945 e. The predicted octanol–water partition coefficient (Wildman–Crippen LogP) is 4.31. The fraction of sp³-hybridized carbons (Fsp3) is 0.625. The molecule has 0 heterocycles. The van der Waals surface area contributed by atoms with Gasteiger partial charge in [-0.3, -0.25) is 0 Å². The summed E-state index contributed by atoms with van der Waals surface area (Å²) < 4.78 is 6.93. The summed E-state index contributed by atoms with van der Waals surface area (Å²) in [6.45, 7) is 3.12. The lowest BCUT2D eigenvalue weighted by molar-refractivity contribution is -0.0424. The summed E-state index contributed by atoms with van der Waals surface area (Å²) in [5.41, 5.74) is 0.991. The van der Waals surface area contributed by atoms with Crippen molar-refractivity contribution in [3.63, 3.8) is 0 Å². The van der Waals surface area contributed by atoms with Gasteiger partial charge in [0.1, 0.15) is 0 Å². The molecule has 0 aliphatic heterocycles. The Morgan fingerprint density at radius 2 is 2.19 bits per heavy atom. The van der Waals surface area contributed by atoms with Gasteiger partial charge < -0.3 is 15.2 Å². The average Bonchev–Trinajstić information content (AvgIpc) is 2.45. The summed E-state index contributed by atoms with van der Waals surface area (Å²) in [5.74, 6) is 0.608. The van der Waals surface area contributed by atoms with Gasteiger partial charge in [-0.2, -0.15) is 0 Å². The van der Waals surface area contributed by atoms with Gasteiger partial charge in [0, 0.05) is 20.8 Å². The first-order valence-electron chi connectivity index (χ1n) is 7.55. The number of anilines is 1.